The zero-order chi connectivity index (χ0) is 18.4. The molecule has 3 N–H and O–H groups in total. The summed E-state index contributed by atoms with van der Waals surface area (Å²) < 4.78 is 5.67. The van der Waals surface area contributed by atoms with Crippen LogP contribution in [-0.4, -0.2) is 32.9 Å². The first-order valence-electron chi connectivity index (χ1n) is 9.80. The second-order valence-corrected chi connectivity index (χ2v) is 8.45. The van der Waals surface area contributed by atoms with Crippen molar-refractivity contribution in [3.05, 3.63) is 35.8 Å². The average Bonchev–Trinajstić information content (AvgIpc) is 3.21. The van der Waals surface area contributed by atoms with Crippen LogP contribution in [0.5, 0.6) is 0 Å². The minimum absolute atomic E-state index is 0.00972. The number of aromatic nitrogens is 3. The SMILES string of the molecule is Cc1cnccc1Nc1cc([C@H]2CC[C@@H](OC(=O)NC34CC(C3)C4)C2)[nH]n1. The molecule has 2 heterocycles. The molecule has 4 saturated carbocycles. The third-order valence-electron chi connectivity index (χ3n) is 6.38. The highest BCUT2D eigenvalue weighted by Gasteiger charge is 2.57. The molecule has 27 heavy (non-hydrogen) atoms. The topological polar surface area (TPSA) is 91.9 Å². The molecule has 0 aliphatic heterocycles. The number of amides is 1. The van der Waals surface area contributed by atoms with Crippen molar-refractivity contribution in [1.82, 2.24) is 20.5 Å². The number of aromatic amines is 1. The van der Waals surface area contributed by atoms with Crippen molar-refractivity contribution >= 4 is 17.6 Å². The van der Waals surface area contributed by atoms with Crippen molar-refractivity contribution in [3.63, 3.8) is 0 Å². The molecule has 4 aliphatic rings. The number of pyridine rings is 1. The number of nitrogens with zero attached hydrogens (tertiary/aromatic N) is 2. The second kappa shape index (κ2) is 6.25. The fraction of sp³-hybridized carbons (Fsp3) is 0.550. The zero-order valence-corrected chi connectivity index (χ0v) is 15.5. The number of H-pyrrole nitrogens is 1. The molecular formula is C20H25N5O2. The van der Waals surface area contributed by atoms with E-state index in [1.165, 1.54) is 0 Å². The number of aryl methyl sites for hydroxylation is 1. The van der Waals surface area contributed by atoms with Gasteiger partial charge in [-0.1, -0.05) is 0 Å². The molecular weight excluding hydrogens is 342 g/mol. The molecule has 6 rings (SSSR count). The third kappa shape index (κ3) is 3.15. The first-order chi connectivity index (χ1) is 13.1. The molecule has 2 aromatic rings. The number of carbonyl (C=O) groups is 1. The van der Waals surface area contributed by atoms with E-state index < -0.39 is 0 Å². The Morgan fingerprint density at radius 3 is 2.93 bits per heavy atom. The Balaban J connectivity index is 1.15. The highest BCUT2D eigenvalue weighted by Crippen LogP contribution is 2.57. The van der Waals surface area contributed by atoms with Gasteiger partial charge in [-0.3, -0.25) is 10.1 Å². The summed E-state index contributed by atoms with van der Waals surface area (Å²) in [5, 5.41) is 13.9. The van der Waals surface area contributed by atoms with Crippen molar-refractivity contribution in [2.24, 2.45) is 5.92 Å². The Kier molecular flexibility index (Phi) is 3.84. The Morgan fingerprint density at radius 2 is 2.19 bits per heavy atom. The molecule has 0 spiro atoms. The van der Waals surface area contributed by atoms with Crippen LogP contribution < -0.4 is 10.6 Å². The number of hydrogen-bond donors (Lipinski definition) is 3. The van der Waals surface area contributed by atoms with E-state index in [1.807, 2.05) is 19.2 Å². The smallest absolute Gasteiger partial charge is 0.407 e. The van der Waals surface area contributed by atoms with Crippen LogP contribution in [0.1, 0.15) is 55.7 Å². The lowest BCUT2D eigenvalue weighted by atomic mass is 9.50. The van der Waals surface area contributed by atoms with E-state index >= 15 is 0 Å². The van der Waals surface area contributed by atoms with E-state index in [2.05, 4.69) is 31.9 Å². The van der Waals surface area contributed by atoms with E-state index in [4.69, 9.17) is 4.74 Å². The molecule has 7 heteroatoms. The van der Waals surface area contributed by atoms with Gasteiger partial charge >= 0.3 is 6.09 Å². The first-order valence-corrected chi connectivity index (χ1v) is 9.80. The van der Waals surface area contributed by atoms with Crippen LogP contribution in [0.3, 0.4) is 0 Å². The lowest BCUT2D eigenvalue weighted by Gasteiger charge is -2.61. The largest absolute Gasteiger partial charge is 0.446 e. The predicted octanol–water partition coefficient (Wildman–Crippen LogP) is 3.77. The van der Waals surface area contributed by atoms with Gasteiger partial charge in [0.2, 0.25) is 0 Å². The summed E-state index contributed by atoms with van der Waals surface area (Å²) in [5.41, 5.74) is 3.25. The fourth-order valence-corrected chi connectivity index (χ4v) is 4.72. The van der Waals surface area contributed by atoms with Crippen molar-refractivity contribution in [1.29, 1.82) is 0 Å². The van der Waals surface area contributed by atoms with Gasteiger partial charge in [0.25, 0.3) is 0 Å². The van der Waals surface area contributed by atoms with Crippen LogP contribution in [0.2, 0.25) is 0 Å². The average molecular weight is 367 g/mol. The summed E-state index contributed by atoms with van der Waals surface area (Å²) in [7, 11) is 0. The number of ether oxygens (including phenoxy) is 1. The van der Waals surface area contributed by atoms with Crippen LogP contribution in [-0.2, 0) is 4.74 Å². The summed E-state index contributed by atoms with van der Waals surface area (Å²) in [6.07, 6.45) is 9.50. The Labute approximate surface area is 158 Å². The summed E-state index contributed by atoms with van der Waals surface area (Å²) in [6, 6.07) is 3.99. The van der Waals surface area contributed by atoms with Crippen LogP contribution in [0.25, 0.3) is 0 Å². The molecule has 0 saturated heterocycles. The predicted molar refractivity (Wildman–Crippen MR) is 101 cm³/mol. The normalized spacial score (nSPS) is 30.9. The fourth-order valence-electron chi connectivity index (χ4n) is 4.72. The van der Waals surface area contributed by atoms with Crippen molar-refractivity contribution in [2.75, 3.05) is 5.32 Å². The Hall–Kier alpha value is -2.57. The number of alkyl carbamates (subject to hydrolysis) is 1. The molecule has 4 aliphatic carbocycles. The third-order valence-corrected chi connectivity index (χ3v) is 6.38. The van der Waals surface area contributed by atoms with E-state index in [0.717, 1.165) is 67.2 Å². The van der Waals surface area contributed by atoms with Gasteiger partial charge in [-0.15, -0.1) is 0 Å². The highest BCUT2D eigenvalue weighted by atomic mass is 16.6. The van der Waals surface area contributed by atoms with Gasteiger partial charge < -0.3 is 15.4 Å². The van der Waals surface area contributed by atoms with Gasteiger partial charge in [0, 0.05) is 41.3 Å². The maximum Gasteiger partial charge on any atom is 0.407 e. The van der Waals surface area contributed by atoms with Crippen molar-refractivity contribution < 1.29 is 9.53 Å². The van der Waals surface area contributed by atoms with Gasteiger partial charge in [-0.25, -0.2) is 4.79 Å². The molecule has 7 nitrogen and oxygen atoms in total. The number of nitrogens with one attached hydrogen (secondary N) is 3. The van der Waals surface area contributed by atoms with Gasteiger partial charge in [0.05, 0.1) is 0 Å². The van der Waals surface area contributed by atoms with Gasteiger partial charge in [0.15, 0.2) is 5.82 Å². The zero-order valence-electron chi connectivity index (χ0n) is 15.5. The minimum atomic E-state index is -0.237. The molecule has 2 bridgehead atoms. The molecule has 0 aromatic carbocycles. The molecule has 0 unspecified atom stereocenters. The number of anilines is 2. The second-order valence-electron chi connectivity index (χ2n) is 8.45. The summed E-state index contributed by atoms with van der Waals surface area (Å²) in [6.45, 7) is 2.01. The van der Waals surface area contributed by atoms with Gasteiger partial charge in [0.1, 0.15) is 6.10 Å². The minimum Gasteiger partial charge on any atom is -0.446 e. The molecule has 2 atom stereocenters. The Bertz CT molecular complexity index is 847. The lowest BCUT2D eigenvalue weighted by Crippen LogP contribution is -2.68. The molecule has 2 aromatic heterocycles. The van der Waals surface area contributed by atoms with E-state index in [0.29, 0.717) is 5.92 Å². The van der Waals surface area contributed by atoms with Gasteiger partial charge in [-0.2, -0.15) is 5.10 Å². The van der Waals surface area contributed by atoms with Crippen molar-refractivity contribution in [2.45, 2.75) is 63.0 Å². The maximum absolute atomic E-state index is 12.1. The quantitative estimate of drug-likeness (QED) is 0.748. The van der Waals surface area contributed by atoms with E-state index in [-0.39, 0.29) is 17.7 Å². The van der Waals surface area contributed by atoms with E-state index in [1.54, 1.807) is 6.20 Å². The maximum atomic E-state index is 12.1. The van der Waals surface area contributed by atoms with Crippen LogP contribution in [0.4, 0.5) is 16.3 Å². The van der Waals surface area contributed by atoms with Gasteiger partial charge in [-0.05, 0) is 63.0 Å². The first kappa shape index (κ1) is 16.6. The molecule has 1 amide bonds. The van der Waals surface area contributed by atoms with E-state index in [9.17, 15) is 4.79 Å². The highest BCUT2D eigenvalue weighted by molar-refractivity contribution is 5.69. The summed E-state index contributed by atoms with van der Waals surface area (Å²) in [5.74, 6) is 1.99. The summed E-state index contributed by atoms with van der Waals surface area (Å²) >= 11 is 0. The molecule has 0 radical (unpaired) electrons. The standard InChI is InChI=1S/C20H25N5O2/c1-12-11-21-5-4-16(12)22-18-7-17(24-25-18)14-2-3-15(6-14)27-19(26)23-20-8-13(9-20)10-20/h4-5,7,11,13-15H,2-3,6,8-10H2,1H3,(H,23,26)(H2,21,22,24,25)/t13?,14-,15+,20?/m0/s1. The molecule has 142 valence electrons. The van der Waals surface area contributed by atoms with Crippen LogP contribution in [0.15, 0.2) is 24.5 Å². The number of rotatable bonds is 5. The number of hydrogen-bond acceptors (Lipinski definition) is 5. The lowest BCUT2D eigenvalue weighted by molar-refractivity contribution is -0.0506. The molecule has 4 fully saturated rings. The van der Waals surface area contributed by atoms with Crippen molar-refractivity contribution in [3.8, 4) is 0 Å². The van der Waals surface area contributed by atoms with Crippen LogP contribution in [0, 0.1) is 12.8 Å². The Morgan fingerprint density at radius 1 is 1.33 bits per heavy atom. The number of carbonyl (C=O) groups excluding carboxylic acids is 1. The van der Waals surface area contributed by atoms with Crippen LogP contribution >= 0.6 is 0 Å². The monoisotopic (exact) mass is 367 g/mol. The summed E-state index contributed by atoms with van der Waals surface area (Å²) in [4.78, 5) is 16.3.